The molecule has 1 aliphatic rings. The number of aryl methyl sites for hydroxylation is 4. The number of benzene rings is 2. The molecule has 0 unspecified atom stereocenters. The van der Waals surface area contributed by atoms with Crippen LogP contribution in [0.25, 0.3) is 5.57 Å². The van der Waals surface area contributed by atoms with Crippen LogP contribution in [0.1, 0.15) is 33.4 Å². The van der Waals surface area contributed by atoms with Crippen LogP contribution in [0.15, 0.2) is 66.3 Å². The maximum absolute atomic E-state index is 2.28. The van der Waals surface area contributed by atoms with E-state index in [0.717, 1.165) is 0 Å². The topological polar surface area (TPSA) is 0 Å². The molecule has 0 fully saturated rings. The van der Waals surface area contributed by atoms with Gasteiger partial charge in [0, 0.05) is 0 Å². The summed E-state index contributed by atoms with van der Waals surface area (Å²) < 4.78 is 0. The molecule has 0 heterocycles. The summed E-state index contributed by atoms with van der Waals surface area (Å²) in [4.78, 5) is 0. The Balaban J connectivity index is 2.28. The summed E-state index contributed by atoms with van der Waals surface area (Å²) in [5.74, 6) is 0. The average Bonchev–Trinajstić information content (AvgIpc) is 2.90. The average molecular weight is 286 g/mol. The van der Waals surface area contributed by atoms with E-state index in [-0.39, 0.29) is 0 Å². The second kappa shape index (κ2) is 5.81. The van der Waals surface area contributed by atoms with Crippen molar-refractivity contribution in [3.8, 4) is 0 Å². The molecular weight excluding hydrogens is 264 g/mol. The number of rotatable bonds is 2. The third-order valence-electron chi connectivity index (χ3n) is 3.97. The first kappa shape index (κ1) is 14.6. The van der Waals surface area contributed by atoms with Crippen LogP contribution >= 0.6 is 0 Å². The first-order valence-electron chi connectivity index (χ1n) is 7.79. The fourth-order valence-electron chi connectivity index (χ4n) is 3.28. The molecule has 2 aromatic carbocycles. The lowest BCUT2D eigenvalue weighted by Crippen LogP contribution is -1.95. The van der Waals surface area contributed by atoms with Crippen molar-refractivity contribution < 1.29 is 0 Å². The Bertz CT molecular complexity index is 706. The number of allylic oxidation sites excluding steroid dienone is 5. The lowest BCUT2D eigenvalue weighted by molar-refractivity contribution is 1.34. The van der Waals surface area contributed by atoms with Gasteiger partial charge in [0.1, 0.15) is 0 Å². The van der Waals surface area contributed by atoms with E-state index in [1.165, 1.54) is 44.5 Å². The molecule has 3 rings (SSSR count). The van der Waals surface area contributed by atoms with Crippen LogP contribution in [0, 0.1) is 27.7 Å². The van der Waals surface area contributed by atoms with E-state index < -0.39 is 0 Å². The third kappa shape index (κ3) is 2.96. The van der Waals surface area contributed by atoms with Crippen LogP contribution in [-0.4, -0.2) is 0 Å². The molecular formula is C22H22. The quantitative estimate of drug-likeness (QED) is 0.649. The Morgan fingerprint density at radius 2 is 0.909 bits per heavy atom. The lowest BCUT2D eigenvalue weighted by Gasteiger charge is -2.14. The van der Waals surface area contributed by atoms with Crippen LogP contribution in [0.3, 0.4) is 0 Å². The van der Waals surface area contributed by atoms with Gasteiger partial charge in [-0.15, -0.1) is 0 Å². The van der Waals surface area contributed by atoms with Crippen molar-refractivity contribution in [3.63, 3.8) is 0 Å². The minimum Gasteiger partial charge on any atom is -0.0616 e. The van der Waals surface area contributed by atoms with Gasteiger partial charge in [-0.1, -0.05) is 83.0 Å². The van der Waals surface area contributed by atoms with E-state index in [1.807, 2.05) is 0 Å². The summed E-state index contributed by atoms with van der Waals surface area (Å²) >= 11 is 0. The van der Waals surface area contributed by atoms with Gasteiger partial charge in [-0.3, -0.25) is 0 Å². The summed E-state index contributed by atoms with van der Waals surface area (Å²) in [6.45, 7) is 8.67. The molecule has 0 bridgehead atoms. The Hall–Kier alpha value is -2.34. The van der Waals surface area contributed by atoms with Crippen molar-refractivity contribution in [2.24, 2.45) is 0 Å². The molecule has 110 valence electrons. The summed E-state index contributed by atoms with van der Waals surface area (Å²) in [5, 5.41) is 0. The Kier molecular flexibility index (Phi) is 3.85. The zero-order valence-electron chi connectivity index (χ0n) is 13.8. The van der Waals surface area contributed by atoms with E-state index in [9.17, 15) is 0 Å². The second-order valence-corrected chi connectivity index (χ2v) is 6.30. The van der Waals surface area contributed by atoms with Gasteiger partial charge < -0.3 is 0 Å². The van der Waals surface area contributed by atoms with Crippen LogP contribution in [0.2, 0.25) is 0 Å². The summed E-state index contributed by atoms with van der Waals surface area (Å²) in [6, 6.07) is 13.6. The van der Waals surface area contributed by atoms with Gasteiger partial charge in [0.25, 0.3) is 0 Å². The van der Waals surface area contributed by atoms with Gasteiger partial charge in [0.05, 0.1) is 0 Å². The second-order valence-electron chi connectivity index (χ2n) is 6.30. The fourth-order valence-corrected chi connectivity index (χ4v) is 3.28. The SMILES string of the molecule is Cc1cc(C)cc(C(=C2C=CC=C2)c2cc(C)cc(C)c2)c1. The van der Waals surface area contributed by atoms with Crippen molar-refractivity contribution >= 4 is 5.57 Å². The van der Waals surface area contributed by atoms with Crippen molar-refractivity contribution in [3.05, 3.63) is 99.7 Å². The van der Waals surface area contributed by atoms with Crippen LogP contribution in [0.5, 0.6) is 0 Å². The summed E-state index contributed by atoms with van der Waals surface area (Å²) in [7, 11) is 0. The molecule has 0 atom stereocenters. The smallest absolute Gasteiger partial charge is 0.00385 e. The minimum absolute atomic E-state index is 1.29. The lowest BCUT2D eigenvalue weighted by atomic mass is 9.90. The predicted molar refractivity (Wildman–Crippen MR) is 96.1 cm³/mol. The van der Waals surface area contributed by atoms with Crippen molar-refractivity contribution in [1.82, 2.24) is 0 Å². The largest absolute Gasteiger partial charge is 0.0616 e. The number of hydrogen-bond donors (Lipinski definition) is 0. The van der Waals surface area contributed by atoms with Crippen LogP contribution in [-0.2, 0) is 0 Å². The third-order valence-corrected chi connectivity index (χ3v) is 3.97. The van der Waals surface area contributed by atoms with Crippen molar-refractivity contribution in [1.29, 1.82) is 0 Å². The van der Waals surface area contributed by atoms with Gasteiger partial charge in [0.15, 0.2) is 0 Å². The first-order valence-corrected chi connectivity index (χ1v) is 7.79. The molecule has 2 aromatic rings. The summed E-state index contributed by atoms with van der Waals surface area (Å²) in [5.41, 5.74) is 10.4. The van der Waals surface area contributed by atoms with Crippen molar-refractivity contribution in [2.75, 3.05) is 0 Å². The van der Waals surface area contributed by atoms with Gasteiger partial charge in [0.2, 0.25) is 0 Å². The zero-order chi connectivity index (χ0) is 15.7. The van der Waals surface area contributed by atoms with E-state index >= 15 is 0 Å². The first-order chi connectivity index (χ1) is 10.5. The van der Waals surface area contributed by atoms with E-state index in [4.69, 9.17) is 0 Å². The molecule has 0 saturated heterocycles. The normalized spacial score (nSPS) is 13.0. The van der Waals surface area contributed by atoms with E-state index in [2.05, 4.69) is 88.4 Å². The zero-order valence-corrected chi connectivity index (χ0v) is 13.8. The molecule has 0 aromatic heterocycles. The highest BCUT2D eigenvalue weighted by Gasteiger charge is 2.12. The number of hydrogen-bond acceptors (Lipinski definition) is 0. The van der Waals surface area contributed by atoms with E-state index in [1.54, 1.807) is 0 Å². The molecule has 0 radical (unpaired) electrons. The van der Waals surface area contributed by atoms with Gasteiger partial charge >= 0.3 is 0 Å². The van der Waals surface area contributed by atoms with Gasteiger partial charge in [-0.05, 0) is 50.0 Å². The molecule has 1 aliphatic carbocycles. The van der Waals surface area contributed by atoms with E-state index in [0.29, 0.717) is 0 Å². The highest BCUT2D eigenvalue weighted by atomic mass is 14.2. The van der Waals surface area contributed by atoms with Gasteiger partial charge in [-0.2, -0.15) is 0 Å². The molecule has 0 aliphatic heterocycles. The molecule has 0 amide bonds. The molecule has 0 saturated carbocycles. The van der Waals surface area contributed by atoms with Crippen LogP contribution in [0.4, 0.5) is 0 Å². The predicted octanol–water partition coefficient (Wildman–Crippen LogP) is 5.85. The summed E-state index contributed by atoms with van der Waals surface area (Å²) in [6.07, 6.45) is 8.62. The highest BCUT2D eigenvalue weighted by molar-refractivity contribution is 5.86. The van der Waals surface area contributed by atoms with Crippen molar-refractivity contribution in [2.45, 2.75) is 27.7 Å². The Morgan fingerprint density at radius 3 is 1.27 bits per heavy atom. The molecule has 0 heteroatoms. The molecule has 0 nitrogen and oxygen atoms in total. The van der Waals surface area contributed by atoms with Gasteiger partial charge in [-0.25, -0.2) is 0 Å². The molecule has 0 N–H and O–H groups in total. The standard InChI is InChI=1S/C22H22/c1-15-9-16(2)12-20(11-15)22(19-7-5-6-8-19)21-13-17(3)10-18(4)14-21/h5-14H,1-4H3. The maximum Gasteiger partial charge on any atom is -0.00385 e. The highest BCUT2D eigenvalue weighted by Crippen LogP contribution is 2.32. The minimum atomic E-state index is 1.29. The van der Waals surface area contributed by atoms with Crippen LogP contribution < -0.4 is 0 Å². The maximum atomic E-state index is 2.28. The fraction of sp³-hybridized carbons (Fsp3) is 0.182. The monoisotopic (exact) mass is 286 g/mol. The Morgan fingerprint density at radius 1 is 0.545 bits per heavy atom. The Labute approximate surface area is 133 Å². The molecule has 22 heavy (non-hydrogen) atoms. The molecule has 0 spiro atoms.